The molecule has 2 unspecified atom stereocenters. The van der Waals surface area contributed by atoms with Crippen molar-refractivity contribution in [3.8, 4) is 0 Å². The standard InChI is InChI=1S/C15H23F2NO/c1-5-18-14(15(10(3)4)19-6-2)12-8-7-11(16)9-13(12)17/h7-10,14-15,18H,5-6H2,1-4H3. The highest BCUT2D eigenvalue weighted by molar-refractivity contribution is 5.23. The van der Waals surface area contributed by atoms with Gasteiger partial charge >= 0.3 is 0 Å². The van der Waals surface area contributed by atoms with E-state index in [1.165, 1.54) is 12.1 Å². The average molecular weight is 271 g/mol. The molecule has 0 saturated heterocycles. The smallest absolute Gasteiger partial charge is 0.130 e. The number of likely N-dealkylation sites (N-methyl/N-ethyl adjacent to an activating group) is 1. The van der Waals surface area contributed by atoms with Crippen LogP contribution >= 0.6 is 0 Å². The van der Waals surface area contributed by atoms with Gasteiger partial charge in [0.25, 0.3) is 0 Å². The Labute approximate surface area is 114 Å². The van der Waals surface area contributed by atoms with Crippen molar-refractivity contribution in [3.63, 3.8) is 0 Å². The third-order valence-electron chi connectivity index (χ3n) is 3.07. The van der Waals surface area contributed by atoms with E-state index < -0.39 is 11.6 Å². The predicted molar refractivity (Wildman–Crippen MR) is 73.0 cm³/mol. The third kappa shape index (κ3) is 4.25. The zero-order chi connectivity index (χ0) is 14.4. The first kappa shape index (κ1) is 16.1. The molecule has 108 valence electrons. The van der Waals surface area contributed by atoms with Crippen LogP contribution in [0.1, 0.15) is 39.3 Å². The molecule has 19 heavy (non-hydrogen) atoms. The van der Waals surface area contributed by atoms with Crippen LogP contribution in [0.2, 0.25) is 0 Å². The number of nitrogens with one attached hydrogen (secondary N) is 1. The number of benzene rings is 1. The van der Waals surface area contributed by atoms with Gasteiger partial charge < -0.3 is 10.1 Å². The lowest BCUT2D eigenvalue weighted by atomic mass is 9.93. The first-order valence-electron chi connectivity index (χ1n) is 6.81. The van der Waals surface area contributed by atoms with Gasteiger partial charge in [0.2, 0.25) is 0 Å². The molecule has 1 aromatic rings. The minimum absolute atomic E-state index is 0.148. The number of rotatable bonds is 7. The van der Waals surface area contributed by atoms with E-state index in [1.54, 1.807) is 0 Å². The molecule has 0 aliphatic rings. The summed E-state index contributed by atoms with van der Waals surface area (Å²) in [6.45, 7) is 9.20. The van der Waals surface area contributed by atoms with Crippen LogP contribution in [0.4, 0.5) is 8.78 Å². The summed E-state index contributed by atoms with van der Waals surface area (Å²) in [5.41, 5.74) is 0.454. The first-order chi connectivity index (χ1) is 9.01. The van der Waals surface area contributed by atoms with E-state index in [-0.39, 0.29) is 18.1 Å². The molecule has 0 radical (unpaired) electrons. The molecule has 0 saturated carbocycles. The van der Waals surface area contributed by atoms with Gasteiger partial charge in [0, 0.05) is 18.2 Å². The Hall–Kier alpha value is -1.00. The van der Waals surface area contributed by atoms with Gasteiger partial charge in [-0.25, -0.2) is 8.78 Å². The van der Waals surface area contributed by atoms with E-state index in [1.807, 2.05) is 27.7 Å². The second-order valence-corrected chi connectivity index (χ2v) is 4.87. The molecule has 2 nitrogen and oxygen atoms in total. The summed E-state index contributed by atoms with van der Waals surface area (Å²) in [6.07, 6.45) is -0.148. The Balaban J connectivity index is 3.09. The van der Waals surface area contributed by atoms with Crippen LogP contribution in [0.3, 0.4) is 0 Å². The Morgan fingerprint density at radius 2 is 1.89 bits per heavy atom. The van der Waals surface area contributed by atoms with Crippen molar-refractivity contribution < 1.29 is 13.5 Å². The summed E-state index contributed by atoms with van der Waals surface area (Å²) in [4.78, 5) is 0. The van der Waals surface area contributed by atoms with Gasteiger partial charge in [-0.1, -0.05) is 26.8 Å². The fourth-order valence-electron chi connectivity index (χ4n) is 2.24. The molecule has 0 amide bonds. The number of halogens is 2. The molecular weight excluding hydrogens is 248 g/mol. The van der Waals surface area contributed by atoms with Gasteiger partial charge in [0.1, 0.15) is 11.6 Å². The predicted octanol–water partition coefficient (Wildman–Crippen LogP) is 3.68. The van der Waals surface area contributed by atoms with Crippen LogP contribution in [0.5, 0.6) is 0 Å². The van der Waals surface area contributed by atoms with Crippen LogP contribution < -0.4 is 5.32 Å². The highest BCUT2D eigenvalue weighted by Gasteiger charge is 2.28. The quantitative estimate of drug-likeness (QED) is 0.817. The lowest BCUT2D eigenvalue weighted by Gasteiger charge is -2.31. The van der Waals surface area contributed by atoms with Crippen LogP contribution in [0.15, 0.2) is 18.2 Å². The van der Waals surface area contributed by atoms with Gasteiger partial charge in [-0.15, -0.1) is 0 Å². The lowest BCUT2D eigenvalue weighted by molar-refractivity contribution is 0.00235. The lowest BCUT2D eigenvalue weighted by Crippen LogP contribution is -2.37. The molecular formula is C15H23F2NO. The van der Waals surface area contributed by atoms with E-state index >= 15 is 0 Å². The molecule has 1 aromatic carbocycles. The van der Waals surface area contributed by atoms with E-state index in [0.29, 0.717) is 18.7 Å². The van der Waals surface area contributed by atoms with Gasteiger partial charge in [-0.2, -0.15) is 0 Å². The van der Waals surface area contributed by atoms with Crippen LogP contribution in [-0.2, 0) is 4.74 Å². The van der Waals surface area contributed by atoms with Crippen molar-refractivity contribution >= 4 is 0 Å². The summed E-state index contributed by atoms with van der Waals surface area (Å²) >= 11 is 0. The second kappa shape index (κ2) is 7.56. The number of hydrogen-bond donors (Lipinski definition) is 1. The highest BCUT2D eigenvalue weighted by atomic mass is 19.1. The molecule has 0 aliphatic heterocycles. The zero-order valence-electron chi connectivity index (χ0n) is 12.0. The normalized spacial score (nSPS) is 14.7. The SMILES string of the molecule is CCNC(c1ccc(F)cc1F)C(OCC)C(C)C. The van der Waals surface area contributed by atoms with E-state index in [2.05, 4.69) is 5.32 Å². The monoisotopic (exact) mass is 271 g/mol. The summed E-state index contributed by atoms with van der Waals surface area (Å²) in [5.74, 6) is -0.862. The van der Waals surface area contributed by atoms with Crippen LogP contribution in [0, 0.1) is 17.6 Å². The molecule has 0 spiro atoms. The Morgan fingerprint density at radius 1 is 1.21 bits per heavy atom. The maximum Gasteiger partial charge on any atom is 0.130 e. The van der Waals surface area contributed by atoms with Crippen LogP contribution in [0.25, 0.3) is 0 Å². The molecule has 0 aliphatic carbocycles. The van der Waals surface area contributed by atoms with E-state index in [9.17, 15) is 8.78 Å². The van der Waals surface area contributed by atoms with Gasteiger partial charge in [-0.3, -0.25) is 0 Å². The van der Waals surface area contributed by atoms with Crippen molar-refractivity contribution in [1.82, 2.24) is 5.32 Å². The van der Waals surface area contributed by atoms with Crippen molar-refractivity contribution in [2.75, 3.05) is 13.2 Å². The molecule has 0 heterocycles. The van der Waals surface area contributed by atoms with Gasteiger partial charge in [-0.05, 0) is 25.5 Å². The van der Waals surface area contributed by atoms with Crippen molar-refractivity contribution in [2.24, 2.45) is 5.92 Å². The molecule has 2 atom stereocenters. The number of hydrogen-bond acceptors (Lipinski definition) is 2. The fourth-order valence-corrected chi connectivity index (χ4v) is 2.24. The molecule has 0 aromatic heterocycles. The van der Waals surface area contributed by atoms with Gasteiger partial charge in [0.15, 0.2) is 0 Å². The van der Waals surface area contributed by atoms with Gasteiger partial charge in [0.05, 0.1) is 12.1 Å². The Morgan fingerprint density at radius 3 is 2.37 bits per heavy atom. The molecule has 0 bridgehead atoms. The Bertz CT molecular complexity index is 396. The molecule has 0 fully saturated rings. The largest absolute Gasteiger partial charge is 0.376 e. The summed E-state index contributed by atoms with van der Waals surface area (Å²) < 4.78 is 32.7. The highest BCUT2D eigenvalue weighted by Crippen LogP contribution is 2.27. The fraction of sp³-hybridized carbons (Fsp3) is 0.600. The topological polar surface area (TPSA) is 21.3 Å². The number of ether oxygens (including phenoxy) is 1. The van der Waals surface area contributed by atoms with Crippen molar-refractivity contribution in [3.05, 3.63) is 35.4 Å². The van der Waals surface area contributed by atoms with E-state index in [4.69, 9.17) is 4.74 Å². The van der Waals surface area contributed by atoms with Crippen molar-refractivity contribution in [2.45, 2.75) is 39.8 Å². The summed E-state index contributed by atoms with van der Waals surface area (Å²) in [7, 11) is 0. The maximum absolute atomic E-state index is 14.0. The average Bonchev–Trinajstić information content (AvgIpc) is 2.34. The second-order valence-electron chi connectivity index (χ2n) is 4.87. The van der Waals surface area contributed by atoms with E-state index in [0.717, 1.165) is 6.07 Å². The molecule has 1 rings (SSSR count). The molecule has 4 heteroatoms. The summed E-state index contributed by atoms with van der Waals surface area (Å²) in [5, 5.41) is 3.24. The maximum atomic E-state index is 14.0. The first-order valence-corrected chi connectivity index (χ1v) is 6.81. The van der Waals surface area contributed by atoms with Crippen molar-refractivity contribution in [1.29, 1.82) is 0 Å². The minimum atomic E-state index is -0.561. The molecule has 1 N–H and O–H groups in total. The van der Waals surface area contributed by atoms with Crippen LogP contribution in [-0.4, -0.2) is 19.3 Å². The summed E-state index contributed by atoms with van der Waals surface area (Å²) in [6, 6.07) is 3.42. The third-order valence-corrected chi connectivity index (χ3v) is 3.07. The minimum Gasteiger partial charge on any atom is -0.376 e. The zero-order valence-corrected chi connectivity index (χ0v) is 12.0. The Kier molecular flexibility index (Phi) is 6.38.